The number of nitrogens with one attached hydrogen (secondary N) is 1. The van der Waals surface area contributed by atoms with Crippen LogP contribution in [0, 0.1) is 5.92 Å². The van der Waals surface area contributed by atoms with E-state index in [1.54, 1.807) is 17.0 Å². The van der Waals surface area contributed by atoms with Gasteiger partial charge in [-0.05, 0) is 56.7 Å². The SMILES string of the molecule is CC(N)C1CCN(C(=O)c2cccc(S(=O)(=O)NC3CC3)c2)CC1.Cl. The molecule has 3 rings (SSSR count). The van der Waals surface area contributed by atoms with Gasteiger partial charge in [-0.3, -0.25) is 4.79 Å². The molecular weight excluding hydrogens is 362 g/mol. The first-order valence-electron chi connectivity index (χ1n) is 8.54. The van der Waals surface area contributed by atoms with Gasteiger partial charge in [0.2, 0.25) is 10.0 Å². The highest BCUT2D eigenvalue weighted by atomic mass is 35.5. The number of piperidine rings is 1. The van der Waals surface area contributed by atoms with Gasteiger partial charge in [0.1, 0.15) is 0 Å². The number of likely N-dealkylation sites (tertiary alicyclic amines) is 1. The molecule has 2 fully saturated rings. The van der Waals surface area contributed by atoms with Gasteiger partial charge in [-0.2, -0.15) is 0 Å². The van der Waals surface area contributed by atoms with E-state index in [9.17, 15) is 13.2 Å². The zero-order valence-electron chi connectivity index (χ0n) is 14.3. The second-order valence-electron chi connectivity index (χ2n) is 6.91. The number of carbonyl (C=O) groups is 1. The summed E-state index contributed by atoms with van der Waals surface area (Å²) in [5.41, 5.74) is 6.36. The first kappa shape index (κ1) is 20.2. The van der Waals surface area contributed by atoms with Crippen LogP contribution in [0.1, 0.15) is 43.0 Å². The standard InChI is InChI=1S/C17H25N3O3S.ClH/c1-12(18)13-7-9-20(10-8-13)17(21)14-3-2-4-16(11-14)24(22,23)19-15-5-6-15;/h2-4,11-13,15,19H,5-10,18H2,1H3;1H. The Balaban J connectivity index is 0.00000225. The van der Waals surface area contributed by atoms with E-state index in [4.69, 9.17) is 5.73 Å². The summed E-state index contributed by atoms with van der Waals surface area (Å²) < 4.78 is 27.2. The van der Waals surface area contributed by atoms with E-state index in [1.807, 2.05) is 6.92 Å². The third-order valence-corrected chi connectivity index (χ3v) is 6.38. The lowest BCUT2D eigenvalue weighted by Crippen LogP contribution is -2.42. The number of sulfonamides is 1. The molecule has 1 unspecified atom stereocenters. The van der Waals surface area contributed by atoms with Crippen LogP contribution in [-0.4, -0.2) is 44.4 Å². The maximum Gasteiger partial charge on any atom is 0.253 e. The van der Waals surface area contributed by atoms with Crippen LogP contribution in [0.4, 0.5) is 0 Å². The average molecular weight is 388 g/mol. The Bertz CT molecular complexity index is 712. The normalized spacial score (nSPS) is 20.0. The molecule has 1 amide bonds. The quantitative estimate of drug-likeness (QED) is 0.804. The van der Waals surface area contributed by atoms with Crippen LogP contribution in [0.3, 0.4) is 0 Å². The summed E-state index contributed by atoms with van der Waals surface area (Å²) in [6, 6.07) is 6.50. The van der Waals surface area contributed by atoms with Gasteiger partial charge < -0.3 is 10.6 Å². The number of nitrogens with two attached hydrogens (primary N) is 1. The fourth-order valence-corrected chi connectivity index (χ4v) is 4.45. The first-order chi connectivity index (χ1) is 11.4. The van der Waals surface area contributed by atoms with Crippen LogP contribution in [0.2, 0.25) is 0 Å². The molecule has 6 nitrogen and oxygen atoms in total. The minimum absolute atomic E-state index is 0. The van der Waals surface area contributed by atoms with Crippen molar-refractivity contribution in [1.82, 2.24) is 9.62 Å². The topological polar surface area (TPSA) is 92.5 Å². The molecule has 1 aromatic rings. The summed E-state index contributed by atoms with van der Waals surface area (Å²) in [5, 5.41) is 0. The summed E-state index contributed by atoms with van der Waals surface area (Å²) in [6.45, 7) is 3.34. The third kappa shape index (κ3) is 4.94. The maximum atomic E-state index is 12.7. The number of halogens is 1. The summed E-state index contributed by atoms with van der Waals surface area (Å²) in [6.07, 6.45) is 3.55. The Kier molecular flexibility index (Phi) is 6.48. The second-order valence-corrected chi connectivity index (χ2v) is 8.63. The van der Waals surface area contributed by atoms with Crippen molar-refractivity contribution in [3.63, 3.8) is 0 Å². The highest BCUT2D eigenvalue weighted by Crippen LogP contribution is 2.24. The van der Waals surface area contributed by atoms with E-state index in [1.165, 1.54) is 12.1 Å². The molecule has 1 saturated carbocycles. The molecule has 1 aliphatic carbocycles. The lowest BCUT2D eigenvalue weighted by molar-refractivity contribution is 0.0680. The molecule has 1 saturated heterocycles. The minimum atomic E-state index is -3.54. The van der Waals surface area contributed by atoms with E-state index in [0.717, 1.165) is 25.7 Å². The Morgan fingerprint density at radius 3 is 2.44 bits per heavy atom. The molecular formula is C17H26ClN3O3S. The van der Waals surface area contributed by atoms with Crippen molar-refractivity contribution in [2.45, 2.75) is 49.6 Å². The molecule has 1 heterocycles. The smallest absolute Gasteiger partial charge is 0.253 e. The Hall–Kier alpha value is -1.15. The van der Waals surface area contributed by atoms with Gasteiger partial charge in [0.05, 0.1) is 4.90 Å². The van der Waals surface area contributed by atoms with Gasteiger partial charge >= 0.3 is 0 Å². The fourth-order valence-electron chi connectivity index (χ4n) is 3.10. The monoisotopic (exact) mass is 387 g/mol. The van der Waals surface area contributed by atoms with E-state index in [0.29, 0.717) is 24.6 Å². The van der Waals surface area contributed by atoms with Gasteiger partial charge in [-0.15, -0.1) is 12.4 Å². The zero-order valence-corrected chi connectivity index (χ0v) is 16.0. The van der Waals surface area contributed by atoms with Crippen molar-refractivity contribution in [3.8, 4) is 0 Å². The zero-order chi connectivity index (χ0) is 17.3. The Morgan fingerprint density at radius 2 is 1.88 bits per heavy atom. The molecule has 25 heavy (non-hydrogen) atoms. The van der Waals surface area contributed by atoms with Crippen LogP contribution in [0.15, 0.2) is 29.2 Å². The molecule has 2 aliphatic rings. The number of benzene rings is 1. The summed E-state index contributed by atoms with van der Waals surface area (Å²) >= 11 is 0. The number of carbonyl (C=O) groups excluding carboxylic acids is 1. The summed E-state index contributed by atoms with van der Waals surface area (Å²) in [4.78, 5) is 14.6. The highest BCUT2D eigenvalue weighted by Gasteiger charge is 2.29. The first-order valence-corrected chi connectivity index (χ1v) is 10.0. The molecule has 0 spiro atoms. The molecule has 3 N–H and O–H groups in total. The Labute approximate surface area is 155 Å². The minimum Gasteiger partial charge on any atom is -0.339 e. The third-order valence-electron chi connectivity index (χ3n) is 4.86. The molecule has 0 radical (unpaired) electrons. The number of rotatable bonds is 5. The predicted molar refractivity (Wildman–Crippen MR) is 99.3 cm³/mol. The van der Waals surface area contributed by atoms with Crippen molar-refractivity contribution in [2.24, 2.45) is 11.7 Å². The molecule has 8 heteroatoms. The van der Waals surface area contributed by atoms with Gasteiger partial charge in [-0.1, -0.05) is 6.07 Å². The van der Waals surface area contributed by atoms with Crippen LogP contribution >= 0.6 is 12.4 Å². The molecule has 140 valence electrons. The molecule has 1 aliphatic heterocycles. The molecule has 0 aromatic heterocycles. The lowest BCUT2D eigenvalue weighted by Gasteiger charge is -2.33. The number of nitrogens with zero attached hydrogens (tertiary/aromatic N) is 1. The van der Waals surface area contributed by atoms with Crippen molar-refractivity contribution in [2.75, 3.05) is 13.1 Å². The van der Waals surface area contributed by atoms with Crippen LogP contribution in [0.5, 0.6) is 0 Å². The lowest BCUT2D eigenvalue weighted by atomic mass is 9.90. The highest BCUT2D eigenvalue weighted by molar-refractivity contribution is 7.89. The van der Waals surface area contributed by atoms with E-state index in [2.05, 4.69) is 4.72 Å². The fraction of sp³-hybridized carbons (Fsp3) is 0.588. The van der Waals surface area contributed by atoms with Crippen molar-refractivity contribution < 1.29 is 13.2 Å². The van der Waals surface area contributed by atoms with Crippen molar-refractivity contribution in [3.05, 3.63) is 29.8 Å². The average Bonchev–Trinajstić information content (AvgIpc) is 3.37. The van der Waals surface area contributed by atoms with E-state index >= 15 is 0 Å². The van der Waals surface area contributed by atoms with Crippen molar-refractivity contribution >= 4 is 28.3 Å². The van der Waals surface area contributed by atoms with Crippen LogP contribution in [0.25, 0.3) is 0 Å². The van der Waals surface area contributed by atoms with Crippen molar-refractivity contribution in [1.29, 1.82) is 0 Å². The van der Waals surface area contributed by atoms with Crippen LogP contribution in [-0.2, 0) is 10.0 Å². The van der Waals surface area contributed by atoms with Gasteiger partial charge in [0, 0.05) is 30.7 Å². The van der Waals surface area contributed by atoms with Crippen LogP contribution < -0.4 is 10.5 Å². The number of hydrogen-bond donors (Lipinski definition) is 2. The maximum absolute atomic E-state index is 12.7. The molecule has 1 aromatic carbocycles. The van der Waals surface area contributed by atoms with E-state index in [-0.39, 0.29) is 35.3 Å². The van der Waals surface area contributed by atoms with E-state index < -0.39 is 10.0 Å². The summed E-state index contributed by atoms with van der Waals surface area (Å²) in [7, 11) is -3.54. The number of amides is 1. The summed E-state index contributed by atoms with van der Waals surface area (Å²) in [5.74, 6) is 0.338. The van der Waals surface area contributed by atoms with Gasteiger partial charge in [-0.25, -0.2) is 13.1 Å². The molecule has 0 bridgehead atoms. The van der Waals surface area contributed by atoms with Gasteiger partial charge in [0.25, 0.3) is 5.91 Å². The molecule has 1 atom stereocenters. The second kappa shape index (κ2) is 8.03. The predicted octanol–water partition coefficient (Wildman–Crippen LogP) is 1.75. The Morgan fingerprint density at radius 1 is 1.24 bits per heavy atom. The van der Waals surface area contributed by atoms with Gasteiger partial charge in [0.15, 0.2) is 0 Å². The number of hydrogen-bond acceptors (Lipinski definition) is 4. The largest absolute Gasteiger partial charge is 0.339 e.